The second kappa shape index (κ2) is 7.05. The van der Waals surface area contributed by atoms with Gasteiger partial charge < -0.3 is 55.1 Å². The average Bonchev–Trinajstić information content (AvgIpc) is 2.56. The Morgan fingerprint density at radius 2 is 1.67 bits per heavy atom. The van der Waals surface area contributed by atoms with Gasteiger partial charge in [-0.1, -0.05) is 0 Å². The number of methoxy groups -OCH3 is 1. The number of ether oxygens (including phenoxy) is 3. The van der Waals surface area contributed by atoms with E-state index in [1.807, 2.05) is 0 Å². The van der Waals surface area contributed by atoms with Gasteiger partial charge in [-0.25, -0.2) is 0 Å². The molecule has 0 aromatic carbocycles. The van der Waals surface area contributed by atoms with Crippen molar-refractivity contribution in [2.24, 2.45) is 0 Å². The van der Waals surface area contributed by atoms with Gasteiger partial charge in [-0.15, -0.1) is 0 Å². The average molecular weight is 356 g/mol. The van der Waals surface area contributed by atoms with Crippen LogP contribution in [0.3, 0.4) is 0 Å². The summed E-state index contributed by atoms with van der Waals surface area (Å²) in [5, 5.41) is 81.3. The molecule has 142 valence electrons. The van der Waals surface area contributed by atoms with Crippen LogP contribution in [0.4, 0.5) is 0 Å². The monoisotopic (exact) mass is 356 g/mol. The van der Waals surface area contributed by atoms with Crippen LogP contribution in [0.5, 0.6) is 0 Å². The first-order valence-corrected chi connectivity index (χ1v) is 7.38. The lowest BCUT2D eigenvalue weighted by atomic mass is 9.66. The van der Waals surface area contributed by atoms with Gasteiger partial charge in [0.05, 0.1) is 19.8 Å². The quantitative estimate of drug-likeness (QED) is 0.240. The van der Waals surface area contributed by atoms with E-state index in [1.54, 1.807) is 0 Å². The van der Waals surface area contributed by atoms with Gasteiger partial charge in [0, 0.05) is 7.11 Å². The molecule has 24 heavy (non-hydrogen) atoms. The van der Waals surface area contributed by atoms with E-state index in [9.17, 15) is 35.7 Å². The Morgan fingerprint density at radius 3 is 2.21 bits per heavy atom. The molecular weight excluding hydrogens is 332 g/mol. The lowest BCUT2D eigenvalue weighted by Gasteiger charge is -2.58. The number of hydrogen-bond donors (Lipinski definition) is 8. The Bertz CT molecular complexity index is 436. The largest absolute Gasteiger partial charge is 0.394 e. The van der Waals surface area contributed by atoms with Crippen LogP contribution in [0.25, 0.3) is 0 Å². The lowest BCUT2D eigenvalue weighted by molar-refractivity contribution is -0.407. The van der Waals surface area contributed by atoms with E-state index in [1.165, 1.54) is 7.11 Å². The summed E-state index contributed by atoms with van der Waals surface area (Å²) in [5.41, 5.74) is -5.91. The molecule has 2 aliphatic heterocycles. The fraction of sp³-hybridized carbons (Fsp3) is 1.00. The van der Waals surface area contributed by atoms with Gasteiger partial charge in [0.1, 0.15) is 36.6 Å². The molecule has 0 aliphatic carbocycles. The molecule has 2 heterocycles. The summed E-state index contributed by atoms with van der Waals surface area (Å²) in [5.74, 6) is 0. The normalized spacial score (nSPS) is 53.1. The summed E-state index contributed by atoms with van der Waals surface area (Å²) in [4.78, 5) is 0. The smallest absolute Gasteiger partial charge is 0.190 e. The van der Waals surface area contributed by atoms with Crippen LogP contribution in [0.1, 0.15) is 0 Å². The number of hydrogen-bond acceptors (Lipinski definition) is 11. The minimum Gasteiger partial charge on any atom is -0.394 e. The van der Waals surface area contributed by atoms with Crippen molar-refractivity contribution in [1.29, 1.82) is 0 Å². The molecule has 0 unspecified atom stereocenters. The highest BCUT2D eigenvalue weighted by molar-refractivity contribution is 5.19. The van der Waals surface area contributed by atoms with Gasteiger partial charge in [-0.3, -0.25) is 0 Å². The molecule has 0 aromatic heterocycles. The Balaban J connectivity index is 2.49. The highest BCUT2D eigenvalue weighted by Gasteiger charge is 2.72. The maximum atomic E-state index is 11.0. The zero-order valence-corrected chi connectivity index (χ0v) is 13.0. The predicted molar refractivity (Wildman–Crippen MR) is 73.5 cm³/mol. The van der Waals surface area contributed by atoms with Crippen molar-refractivity contribution in [2.75, 3.05) is 26.9 Å². The molecule has 0 aromatic rings. The molecule has 2 saturated heterocycles. The van der Waals surface area contributed by atoms with Gasteiger partial charge in [-0.05, 0) is 0 Å². The van der Waals surface area contributed by atoms with E-state index in [0.29, 0.717) is 0 Å². The van der Waals surface area contributed by atoms with Gasteiger partial charge in [0.25, 0.3) is 0 Å². The number of aliphatic hydroxyl groups is 8. The molecule has 11 heteroatoms. The van der Waals surface area contributed by atoms with Crippen LogP contribution in [0.15, 0.2) is 0 Å². The standard InChI is InChI=1S/C13H24O11/c1-22-4-7-12(20,9(17)5(15)3-23-7)13(21)10(18)8(16)6(2-14)24-11(13)19/h5-11,14-21H,2-4H2,1H3/t5-,6+,7+,8+,9+,10-,11-,12-,13+/m0/s1. The Kier molecular flexibility index (Phi) is 5.84. The fourth-order valence-corrected chi connectivity index (χ4v) is 3.28. The van der Waals surface area contributed by atoms with E-state index in [-0.39, 0.29) is 6.61 Å². The predicted octanol–water partition coefficient (Wildman–Crippen LogP) is -5.35. The molecule has 0 saturated carbocycles. The van der Waals surface area contributed by atoms with Gasteiger partial charge in [-0.2, -0.15) is 0 Å². The minimum absolute atomic E-state index is 0.373. The first-order chi connectivity index (χ1) is 11.2. The third-order valence-corrected chi connectivity index (χ3v) is 4.75. The summed E-state index contributed by atoms with van der Waals surface area (Å²) < 4.78 is 14.9. The molecule has 8 N–H and O–H groups in total. The van der Waals surface area contributed by atoms with Crippen molar-refractivity contribution in [3.63, 3.8) is 0 Å². The van der Waals surface area contributed by atoms with Crippen LogP contribution >= 0.6 is 0 Å². The van der Waals surface area contributed by atoms with E-state index in [2.05, 4.69) is 0 Å². The van der Waals surface area contributed by atoms with E-state index in [4.69, 9.17) is 19.3 Å². The lowest BCUT2D eigenvalue weighted by Crippen LogP contribution is -2.84. The summed E-state index contributed by atoms with van der Waals surface area (Å²) >= 11 is 0. The molecule has 0 spiro atoms. The molecule has 0 bridgehead atoms. The molecule has 2 fully saturated rings. The van der Waals surface area contributed by atoms with Gasteiger partial charge in [0.15, 0.2) is 17.5 Å². The van der Waals surface area contributed by atoms with Crippen molar-refractivity contribution >= 4 is 0 Å². The highest BCUT2D eigenvalue weighted by Crippen LogP contribution is 2.44. The molecule has 11 nitrogen and oxygen atoms in total. The fourth-order valence-electron chi connectivity index (χ4n) is 3.28. The molecule has 2 rings (SSSR count). The van der Waals surface area contributed by atoms with Crippen molar-refractivity contribution in [2.45, 2.75) is 54.1 Å². The summed E-state index contributed by atoms with van der Waals surface area (Å²) in [6.07, 6.45) is -13.1. The topological polar surface area (TPSA) is 190 Å². The third kappa shape index (κ3) is 2.66. The summed E-state index contributed by atoms with van der Waals surface area (Å²) in [6, 6.07) is 0. The van der Waals surface area contributed by atoms with E-state index >= 15 is 0 Å². The van der Waals surface area contributed by atoms with E-state index in [0.717, 1.165) is 0 Å². The zero-order valence-electron chi connectivity index (χ0n) is 13.0. The summed E-state index contributed by atoms with van der Waals surface area (Å²) in [6.45, 7) is -1.56. The van der Waals surface area contributed by atoms with E-state index < -0.39 is 67.3 Å². The Morgan fingerprint density at radius 1 is 1.04 bits per heavy atom. The third-order valence-electron chi connectivity index (χ3n) is 4.75. The maximum absolute atomic E-state index is 11.0. The molecule has 0 amide bonds. The molecule has 9 atom stereocenters. The van der Waals surface area contributed by atoms with Crippen molar-refractivity contribution in [3.05, 3.63) is 0 Å². The SMILES string of the molecule is COC[C@H]1OC[C@H](O)[C@@H](O)[C@]1(O)[C@]1(O)[C@@H](O)O[C@H](CO)[C@@H](O)[C@@H]1O. The van der Waals surface area contributed by atoms with Crippen LogP contribution in [0, 0.1) is 0 Å². The zero-order chi connectivity index (χ0) is 18.3. The Labute approximate surface area is 137 Å². The van der Waals surface area contributed by atoms with Gasteiger partial charge >= 0.3 is 0 Å². The Hall–Kier alpha value is -0.440. The number of aliphatic hydroxyl groups excluding tert-OH is 6. The minimum atomic E-state index is -3.05. The van der Waals surface area contributed by atoms with Crippen molar-refractivity contribution in [1.82, 2.24) is 0 Å². The molecule has 2 aliphatic rings. The summed E-state index contributed by atoms with van der Waals surface area (Å²) in [7, 11) is 1.24. The number of rotatable bonds is 4. The first kappa shape index (κ1) is 19.9. The molecular formula is C13H24O11. The van der Waals surface area contributed by atoms with Crippen LogP contribution in [0.2, 0.25) is 0 Å². The van der Waals surface area contributed by atoms with Gasteiger partial charge in [0.2, 0.25) is 0 Å². The second-order valence-electron chi connectivity index (χ2n) is 6.09. The molecule has 0 radical (unpaired) electrons. The van der Waals surface area contributed by atoms with Crippen LogP contribution < -0.4 is 0 Å². The van der Waals surface area contributed by atoms with Crippen molar-refractivity contribution in [3.8, 4) is 0 Å². The van der Waals surface area contributed by atoms with Crippen LogP contribution in [-0.2, 0) is 14.2 Å². The first-order valence-electron chi connectivity index (χ1n) is 7.38. The van der Waals surface area contributed by atoms with Crippen LogP contribution in [-0.4, -0.2) is 122 Å². The second-order valence-corrected chi connectivity index (χ2v) is 6.09. The maximum Gasteiger partial charge on any atom is 0.190 e. The van der Waals surface area contributed by atoms with Crippen molar-refractivity contribution < 1.29 is 55.1 Å². The highest BCUT2D eigenvalue weighted by atomic mass is 16.7.